The number of nitrogens with two attached hydrogens (primary N) is 1. The lowest BCUT2D eigenvalue weighted by atomic mass is 9.99. The van der Waals surface area contributed by atoms with Gasteiger partial charge < -0.3 is 5.73 Å². The van der Waals surface area contributed by atoms with Crippen molar-refractivity contribution >= 4 is 21.6 Å². The normalized spacial score (nSPS) is 10.5. The fourth-order valence-corrected chi connectivity index (χ4v) is 2.03. The van der Waals surface area contributed by atoms with Gasteiger partial charge in [-0.3, -0.25) is 0 Å². The van der Waals surface area contributed by atoms with Crippen molar-refractivity contribution in [2.24, 2.45) is 0 Å². The molecule has 0 bridgehead atoms. The molecule has 17 heavy (non-hydrogen) atoms. The van der Waals surface area contributed by atoms with Crippen molar-refractivity contribution in [1.29, 1.82) is 0 Å². The molecule has 2 aromatic rings. The summed E-state index contributed by atoms with van der Waals surface area (Å²) < 4.78 is 14.3. The maximum absolute atomic E-state index is 13.3. The van der Waals surface area contributed by atoms with Gasteiger partial charge in [0.1, 0.15) is 5.82 Å². The molecule has 1 nitrogen and oxygen atoms in total. The van der Waals surface area contributed by atoms with E-state index in [-0.39, 0.29) is 5.82 Å². The number of halogens is 2. The van der Waals surface area contributed by atoms with E-state index in [2.05, 4.69) is 15.9 Å². The topological polar surface area (TPSA) is 26.0 Å². The van der Waals surface area contributed by atoms with Gasteiger partial charge in [0.05, 0.1) is 0 Å². The van der Waals surface area contributed by atoms with Crippen LogP contribution in [0.4, 0.5) is 10.1 Å². The second-order valence-corrected chi connectivity index (χ2v) is 5.00. The first kappa shape index (κ1) is 12.1. The number of anilines is 1. The van der Waals surface area contributed by atoms with Gasteiger partial charge in [0, 0.05) is 10.2 Å². The van der Waals surface area contributed by atoms with Gasteiger partial charge in [-0.1, -0.05) is 28.1 Å². The predicted octanol–water partition coefficient (Wildman–Crippen LogP) is 4.07. The first-order valence-corrected chi connectivity index (χ1v) is 6.14. The minimum absolute atomic E-state index is 0.278. The molecule has 0 unspecified atom stereocenters. The highest BCUT2D eigenvalue weighted by atomic mass is 79.9. The van der Waals surface area contributed by atoms with Gasteiger partial charge in [0.25, 0.3) is 0 Å². The molecule has 0 atom stereocenters. The number of hydrogen-bond donors (Lipinski definition) is 1. The summed E-state index contributed by atoms with van der Waals surface area (Å²) in [7, 11) is 0. The monoisotopic (exact) mass is 293 g/mol. The summed E-state index contributed by atoms with van der Waals surface area (Å²) in [4.78, 5) is 0. The minimum atomic E-state index is -0.278. The Morgan fingerprint density at radius 2 is 1.82 bits per heavy atom. The van der Waals surface area contributed by atoms with Crippen LogP contribution in [0.3, 0.4) is 0 Å². The van der Waals surface area contributed by atoms with Crippen molar-refractivity contribution < 1.29 is 4.39 Å². The van der Waals surface area contributed by atoms with Crippen molar-refractivity contribution in [2.75, 3.05) is 5.73 Å². The SMILES string of the molecule is Cc1c(N)cc(F)cc1Cc1ccc(Br)cc1. The van der Waals surface area contributed by atoms with Gasteiger partial charge in [0.2, 0.25) is 0 Å². The summed E-state index contributed by atoms with van der Waals surface area (Å²) in [6.07, 6.45) is 0.696. The summed E-state index contributed by atoms with van der Waals surface area (Å²) >= 11 is 3.39. The molecular weight excluding hydrogens is 281 g/mol. The third-order valence-electron chi connectivity index (χ3n) is 2.83. The lowest BCUT2D eigenvalue weighted by molar-refractivity contribution is 0.626. The molecule has 0 aliphatic carbocycles. The maximum Gasteiger partial charge on any atom is 0.125 e. The van der Waals surface area contributed by atoms with Crippen LogP contribution in [0.25, 0.3) is 0 Å². The molecule has 2 N–H and O–H groups in total. The van der Waals surface area contributed by atoms with Crippen LogP contribution >= 0.6 is 15.9 Å². The summed E-state index contributed by atoms with van der Waals surface area (Å²) in [5.41, 5.74) is 9.29. The third kappa shape index (κ3) is 2.86. The number of rotatable bonds is 2. The first-order chi connectivity index (χ1) is 8.06. The zero-order valence-electron chi connectivity index (χ0n) is 9.50. The van der Waals surface area contributed by atoms with Crippen molar-refractivity contribution in [2.45, 2.75) is 13.3 Å². The number of hydrogen-bond acceptors (Lipinski definition) is 1. The molecule has 0 fully saturated rings. The van der Waals surface area contributed by atoms with Gasteiger partial charge in [0.15, 0.2) is 0 Å². The largest absolute Gasteiger partial charge is 0.398 e. The fraction of sp³-hybridized carbons (Fsp3) is 0.143. The van der Waals surface area contributed by atoms with Crippen molar-refractivity contribution in [1.82, 2.24) is 0 Å². The van der Waals surface area contributed by atoms with E-state index in [0.717, 1.165) is 21.2 Å². The molecule has 0 saturated carbocycles. The van der Waals surface area contributed by atoms with E-state index < -0.39 is 0 Å². The fourth-order valence-electron chi connectivity index (χ4n) is 1.76. The lowest BCUT2D eigenvalue weighted by Gasteiger charge is -2.09. The van der Waals surface area contributed by atoms with Crippen LogP contribution in [0.5, 0.6) is 0 Å². The first-order valence-electron chi connectivity index (χ1n) is 5.35. The summed E-state index contributed by atoms with van der Waals surface area (Å²) in [5.74, 6) is -0.278. The van der Waals surface area contributed by atoms with Gasteiger partial charge >= 0.3 is 0 Å². The highest BCUT2D eigenvalue weighted by Gasteiger charge is 2.06. The standard InChI is InChI=1S/C14H13BrFN/c1-9-11(7-13(16)8-14(9)17)6-10-2-4-12(15)5-3-10/h2-5,7-8H,6,17H2,1H3. The molecular formula is C14H13BrFN. The van der Waals surface area contributed by atoms with Crippen molar-refractivity contribution in [3.63, 3.8) is 0 Å². The molecule has 0 aliphatic heterocycles. The van der Waals surface area contributed by atoms with Crippen LogP contribution in [0.1, 0.15) is 16.7 Å². The van der Waals surface area contributed by atoms with Gasteiger partial charge in [-0.05, 0) is 54.3 Å². The quantitative estimate of drug-likeness (QED) is 0.830. The zero-order valence-corrected chi connectivity index (χ0v) is 11.1. The summed E-state index contributed by atoms with van der Waals surface area (Å²) in [6, 6.07) is 10.9. The Bertz CT molecular complexity index is 535. The van der Waals surface area contributed by atoms with Crippen molar-refractivity contribution in [3.05, 3.63) is 63.4 Å². The van der Waals surface area contributed by atoms with E-state index in [1.165, 1.54) is 6.07 Å². The molecule has 2 rings (SSSR count). The Labute approximate surface area is 109 Å². The molecule has 0 radical (unpaired) electrons. The Kier molecular flexibility index (Phi) is 3.48. The second-order valence-electron chi connectivity index (χ2n) is 4.08. The van der Waals surface area contributed by atoms with E-state index in [9.17, 15) is 4.39 Å². The lowest BCUT2D eigenvalue weighted by Crippen LogP contribution is -1.98. The predicted molar refractivity (Wildman–Crippen MR) is 72.5 cm³/mol. The Morgan fingerprint density at radius 1 is 1.18 bits per heavy atom. The van der Waals surface area contributed by atoms with Crippen LogP contribution in [-0.4, -0.2) is 0 Å². The molecule has 3 heteroatoms. The molecule has 2 aromatic carbocycles. The van der Waals surface area contributed by atoms with Crippen LogP contribution in [0.15, 0.2) is 40.9 Å². The Balaban J connectivity index is 2.32. The average molecular weight is 294 g/mol. The highest BCUT2D eigenvalue weighted by Crippen LogP contribution is 2.22. The Hall–Kier alpha value is -1.35. The van der Waals surface area contributed by atoms with Crippen LogP contribution in [0.2, 0.25) is 0 Å². The smallest absolute Gasteiger partial charge is 0.125 e. The summed E-state index contributed by atoms with van der Waals surface area (Å²) in [6.45, 7) is 1.92. The van der Waals surface area contributed by atoms with E-state index >= 15 is 0 Å². The van der Waals surface area contributed by atoms with Gasteiger partial charge in [-0.25, -0.2) is 4.39 Å². The Morgan fingerprint density at radius 3 is 2.47 bits per heavy atom. The number of nitrogen functional groups attached to an aromatic ring is 1. The second kappa shape index (κ2) is 4.88. The summed E-state index contributed by atoms with van der Waals surface area (Å²) in [5, 5.41) is 0. The van der Waals surface area contributed by atoms with E-state index in [1.807, 2.05) is 31.2 Å². The molecule has 0 aliphatic rings. The van der Waals surface area contributed by atoms with E-state index in [0.29, 0.717) is 12.1 Å². The number of benzene rings is 2. The van der Waals surface area contributed by atoms with Crippen LogP contribution < -0.4 is 5.73 Å². The van der Waals surface area contributed by atoms with Gasteiger partial charge in [-0.2, -0.15) is 0 Å². The minimum Gasteiger partial charge on any atom is -0.398 e. The van der Waals surface area contributed by atoms with Crippen LogP contribution in [0, 0.1) is 12.7 Å². The molecule has 0 aromatic heterocycles. The van der Waals surface area contributed by atoms with E-state index in [1.54, 1.807) is 6.07 Å². The molecule has 0 saturated heterocycles. The maximum atomic E-state index is 13.3. The zero-order chi connectivity index (χ0) is 12.4. The highest BCUT2D eigenvalue weighted by molar-refractivity contribution is 9.10. The van der Waals surface area contributed by atoms with Crippen LogP contribution in [-0.2, 0) is 6.42 Å². The molecule has 0 amide bonds. The van der Waals surface area contributed by atoms with E-state index in [4.69, 9.17) is 5.73 Å². The molecule has 88 valence electrons. The molecule has 0 spiro atoms. The average Bonchev–Trinajstić information content (AvgIpc) is 2.28. The van der Waals surface area contributed by atoms with Crippen molar-refractivity contribution in [3.8, 4) is 0 Å². The third-order valence-corrected chi connectivity index (χ3v) is 3.36. The van der Waals surface area contributed by atoms with Gasteiger partial charge in [-0.15, -0.1) is 0 Å². The molecule has 0 heterocycles.